The van der Waals surface area contributed by atoms with Gasteiger partial charge in [-0.1, -0.05) is 12.1 Å². The first kappa shape index (κ1) is 14.0. The van der Waals surface area contributed by atoms with Crippen LogP contribution in [-0.4, -0.2) is 36.9 Å². The summed E-state index contributed by atoms with van der Waals surface area (Å²) in [6.45, 7) is 1.03. The number of anilines is 1. The van der Waals surface area contributed by atoms with Crippen LogP contribution >= 0.6 is 0 Å². The Hall–Kier alpha value is -2.39. The predicted molar refractivity (Wildman–Crippen MR) is 70.6 cm³/mol. The summed E-state index contributed by atoms with van der Waals surface area (Å²) in [6, 6.07) is 6.45. The van der Waals surface area contributed by atoms with Crippen molar-refractivity contribution < 1.29 is 19.0 Å². The molecule has 1 unspecified atom stereocenters. The molecule has 6 heteroatoms. The molecule has 0 amide bonds. The van der Waals surface area contributed by atoms with E-state index in [1.165, 1.54) is 18.2 Å². The van der Waals surface area contributed by atoms with Crippen molar-refractivity contribution in [3.8, 4) is 6.07 Å². The van der Waals surface area contributed by atoms with Crippen molar-refractivity contribution in [3.05, 3.63) is 35.7 Å². The Bertz CT molecular complexity index is 580. The highest BCUT2D eigenvalue weighted by Crippen LogP contribution is 2.27. The van der Waals surface area contributed by atoms with Gasteiger partial charge < -0.3 is 14.7 Å². The van der Waals surface area contributed by atoms with E-state index in [-0.39, 0.29) is 6.54 Å². The minimum Gasteiger partial charge on any atom is -0.478 e. The Labute approximate surface area is 115 Å². The van der Waals surface area contributed by atoms with Crippen molar-refractivity contribution in [2.75, 3.05) is 24.6 Å². The van der Waals surface area contributed by atoms with E-state index in [0.717, 1.165) is 6.08 Å². The van der Waals surface area contributed by atoms with E-state index in [9.17, 15) is 9.18 Å². The summed E-state index contributed by atoms with van der Waals surface area (Å²) in [5.74, 6) is -1.55. The van der Waals surface area contributed by atoms with Crippen LogP contribution in [-0.2, 0) is 9.53 Å². The molecule has 2 rings (SSSR count). The van der Waals surface area contributed by atoms with Crippen LogP contribution in [0.4, 0.5) is 10.1 Å². The van der Waals surface area contributed by atoms with Gasteiger partial charge in [-0.25, -0.2) is 9.18 Å². The first-order valence-corrected chi connectivity index (χ1v) is 6.07. The first-order chi connectivity index (χ1) is 9.61. The minimum atomic E-state index is -1.10. The summed E-state index contributed by atoms with van der Waals surface area (Å²) in [4.78, 5) is 12.3. The van der Waals surface area contributed by atoms with Crippen LogP contribution in [0.5, 0.6) is 0 Å². The van der Waals surface area contributed by atoms with Crippen molar-refractivity contribution in [2.45, 2.75) is 6.10 Å². The molecule has 0 aliphatic carbocycles. The van der Waals surface area contributed by atoms with Crippen LogP contribution in [0.15, 0.2) is 24.3 Å². The number of morpholine rings is 1. The smallest absolute Gasteiger partial charge is 0.328 e. The summed E-state index contributed by atoms with van der Waals surface area (Å²) in [6.07, 6.45) is 1.69. The fraction of sp³-hybridized carbons (Fsp3) is 0.286. The van der Waals surface area contributed by atoms with E-state index in [1.807, 2.05) is 6.07 Å². The van der Waals surface area contributed by atoms with E-state index in [4.69, 9.17) is 15.1 Å². The fourth-order valence-electron chi connectivity index (χ4n) is 2.09. The van der Waals surface area contributed by atoms with Gasteiger partial charge >= 0.3 is 5.97 Å². The number of nitrogens with zero attached hydrogens (tertiary/aromatic N) is 2. The van der Waals surface area contributed by atoms with Crippen molar-refractivity contribution in [2.24, 2.45) is 0 Å². The Morgan fingerprint density at radius 2 is 2.40 bits per heavy atom. The molecule has 1 aromatic rings. The quantitative estimate of drug-likeness (QED) is 0.850. The molecule has 0 radical (unpaired) electrons. The lowest BCUT2D eigenvalue weighted by molar-refractivity contribution is -0.131. The molecule has 104 valence electrons. The number of ether oxygens (including phenoxy) is 1. The lowest BCUT2D eigenvalue weighted by Crippen LogP contribution is -2.42. The Morgan fingerprint density at radius 3 is 3.10 bits per heavy atom. The number of nitriles is 1. The average molecular weight is 276 g/mol. The summed E-state index contributed by atoms with van der Waals surface area (Å²) in [5.41, 5.74) is 0.763. The van der Waals surface area contributed by atoms with E-state index in [2.05, 4.69) is 0 Å². The number of halogens is 1. The van der Waals surface area contributed by atoms with Gasteiger partial charge in [-0.05, 0) is 12.1 Å². The third-order valence-corrected chi connectivity index (χ3v) is 2.95. The monoisotopic (exact) mass is 276 g/mol. The van der Waals surface area contributed by atoms with Gasteiger partial charge in [-0.15, -0.1) is 0 Å². The van der Waals surface area contributed by atoms with Crippen LogP contribution in [0.3, 0.4) is 0 Å². The third kappa shape index (κ3) is 3.13. The number of carbonyl (C=O) groups is 1. The molecule has 0 saturated carbocycles. The molecule has 20 heavy (non-hydrogen) atoms. The normalized spacial score (nSPS) is 19.0. The topological polar surface area (TPSA) is 73.6 Å². The number of benzene rings is 1. The van der Waals surface area contributed by atoms with E-state index in [0.29, 0.717) is 24.4 Å². The van der Waals surface area contributed by atoms with E-state index >= 15 is 0 Å². The van der Waals surface area contributed by atoms with Gasteiger partial charge in [-0.3, -0.25) is 0 Å². The molecule has 0 spiro atoms. The number of para-hydroxylation sites is 1. The molecule has 1 atom stereocenters. The fourth-order valence-corrected chi connectivity index (χ4v) is 2.09. The lowest BCUT2D eigenvalue weighted by atomic mass is 10.1. The van der Waals surface area contributed by atoms with E-state index < -0.39 is 17.9 Å². The second-order valence-corrected chi connectivity index (χ2v) is 4.28. The molecule has 1 fully saturated rings. The highest BCUT2D eigenvalue weighted by molar-refractivity contribution is 5.87. The van der Waals surface area contributed by atoms with Crippen LogP contribution in [0.1, 0.15) is 5.56 Å². The minimum absolute atomic E-state index is 0.255. The van der Waals surface area contributed by atoms with Gasteiger partial charge in [0.15, 0.2) is 6.10 Å². The second kappa shape index (κ2) is 6.17. The van der Waals surface area contributed by atoms with Crippen LogP contribution in [0.2, 0.25) is 0 Å². The number of rotatable bonds is 3. The van der Waals surface area contributed by atoms with Crippen molar-refractivity contribution in [1.29, 1.82) is 5.26 Å². The SMILES string of the molecule is N#CC1CN(c2c(F)cccc2/C=C/C(=O)O)CCO1. The van der Waals surface area contributed by atoms with Gasteiger partial charge in [-0.2, -0.15) is 5.26 Å². The highest BCUT2D eigenvalue weighted by Gasteiger charge is 2.23. The molecule has 1 aromatic carbocycles. The van der Waals surface area contributed by atoms with Crippen LogP contribution < -0.4 is 4.90 Å². The van der Waals surface area contributed by atoms with E-state index in [1.54, 1.807) is 11.0 Å². The molecular weight excluding hydrogens is 263 g/mol. The zero-order valence-electron chi connectivity index (χ0n) is 10.6. The van der Waals surface area contributed by atoms with Crippen LogP contribution in [0, 0.1) is 17.1 Å². The number of aliphatic carboxylic acids is 1. The molecule has 1 saturated heterocycles. The van der Waals surface area contributed by atoms with Gasteiger partial charge in [0.1, 0.15) is 5.82 Å². The summed E-state index contributed by atoms with van der Waals surface area (Å²) in [5, 5.41) is 17.6. The van der Waals surface area contributed by atoms with Gasteiger partial charge in [0.25, 0.3) is 0 Å². The molecule has 1 aliphatic rings. The third-order valence-electron chi connectivity index (χ3n) is 2.95. The maximum atomic E-state index is 14.0. The van der Waals surface area contributed by atoms with Crippen molar-refractivity contribution in [3.63, 3.8) is 0 Å². The predicted octanol–water partition coefficient (Wildman–Crippen LogP) is 1.65. The summed E-state index contributed by atoms with van der Waals surface area (Å²) in [7, 11) is 0. The Kier molecular flexibility index (Phi) is 4.33. The molecule has 1 aliphatic heterocycles. The van der Waals surface area contributed by atoms with Crippen molar-refractivity contribution >= 4 is 17.7 Å². The highest BCUT2D eigenvalue weighted by atomic mass is 19.1. The molecule has 0 aromatic heterocycles. The van der Waals surface area contributed by atoms with Gasteiger partial charge in [0.2, 0.25) is 0 Å². The number of carboxylic acid groups (broad SMARTS) is 1. The molecular formula is C14H13FN2O3. The Balaban J connectivity index is 2.34. The summed E-state index contributed by atoms with van der Waals surface area (Å²) >= 11 is 0. The molecule has 1 N–H and O–H groups in total. The number of carboxylic acids is 1. The largest absolute Gasteiger partial charge is 0.478 e. The molecule has 5 nitrogen and oxygen atoms in total. The van der Waals surface area contributed by atoms with Gasteiger partial charge in [0, 0.05) is 18.2 Å². The first-order valence-electron chi connectivity index (χ1n) is 6.07. The maximum Gasteiger partial charge on any atom is 0.328 e. The standard InChI is InChI=1S/C14H13FN2O3/c15-12-3-1-2-10(4-5-13(18)19)14(12)17-6-7-20-11(8-16)9-17/h1-5,11H,6-7,9H2,(H,18,19)/b5-4+. The molecule has 1 heterocycles. The van der Waals surface area contributed by atoms with Crippen LogP contribution in [0.25, 0.3) is 6.08 Å². The van der Waals surface area contributed by atoms with Gasteiger partial charge in [0.05, 0.1) is 24.9 Å². The maximum absolute atomic E-state index is 14.0. The van der Waals surface area contributed by atoms with Crippen molar-refractivity contribution in [1.82, 2.24) is 0 Å². The average Bonchev–Trinajstić information content (AvgIpc) is 2.45. The zero-order valence-corrected chi connectivity index (χ0v) is 10.6. The lowest BCUT2D eigenvalue weighted by Gasteiger charge is -2.32. The molecule has 0 bridgehead atoms. The summed E-state index contributed by atoms with van der Waals surface area (Å²) < 4.78 is 19.3. The zero-order chi connectivity index (χ0) is 14.5. The second-order valence-electron chi connectivity index (χ2n) is 4.28. The number of hydrogen-bond acceptors (Lipinski definition) is 4. The number of hydrogen-bond donors (Lipinski definition) is 1. The Morgan fingerprint density at radius 1 is 1.60 bits per heavy atom.